The fourth-order valence-electron chi connectivity index (χ4n) is 2.01. The molecule has 0 radical (unpaired) electrons. The summed E-state index contributed by atoms with van der Waals surface area (Å²) in [7, 11) is -4.45. The van der Waals surface area contributed by atoms with Gasteiger partial charge in [0.05, 0.1) is 0 Å². The van der Waals surface area contributed by atoms with E-state index in [9.17, 15) is 12.3 Å². The lowest BCUT2D eigenvalue weighted by atomic mass is 9.74. The summed E-state index contributed by atoms with van der Waals surface area (Å²) in [5.74, 6) is 0. The number of halogens is 2. The maximum atomic E-state index is 12.5. The number of nitrogens with zero attached hydrogens (tertiary/aromatic N) is 1. The Bertz CT molecular complexity index is 295. The number of piperidine rings is 1. The van der Waals surface area contributed by atoms with Crippen LogP contribution < -0.4 is 5.32 Å². The monoisotopic (exact) mass is 244 g/mol. The van der Waals surface area contributed by atoms with Crippen LogP contribution in [0.5, 0.6) is 0 Å². The molecule has 0 aliphatic carbocycles. The normalized spacial score (nSPS) is 26.6. The van der Waals surface area contributed by atoms with Gasteiger partial charge in [0, 0.05) is 26.2 Å². The molecule has 1 spiro atoms. The summed E-state index contributed by atoms with van der Waals surface area (Å²) < 4.78 is 34.6. The highest BCUT2D eigenvalue weighted by Crippen LogP contribution is 2.35. The third-order valence-corrected chi connectivity index (χ3v) is 4.07. The van der Waals surface area contributed by atoms with Gasteiger partial charge in [0.1, 0.15) is 0 Å². The van der Waals surface area contributed by atoms with Gasteiger partial charge in [-0.05, 0) is 18.3 Å². The van der Waals surface area contributed by atoms with Crippen molar-refractivity contribution >= 4 is 22.8 Å². The second kappa shape index (κ2) is 3.92. The van der Waals surface area contributed by atoms with Crippen LogP contribution in [0.3, 0.4) is 0 Å². The summed E-state index contributed by atoms with van der Waals surface area (Å²) in [6.07, 6.45) is 1.56. The van der Waals surface area contributed by atoms with Crippen molar-refractivity contribution in [2.45, 2.75) is 12.8 Å². The van der Waals surface area contributed by atoms with Gasteiger partial charge in [-0.3, -0.25) is 0 Å². The first-order valence-electron chi connectivity index (χ1n) is 4.42. The number of rotatable bonds is 1. The highest BCUT2D eigenvalue weighted by Gasteiger charge is 2.41. The molecule has 84 valence electrons. The van der Waals surface area contributed by atoms with Crippen LogP contribution in [0.15, 0.2) is 0 Å². The van der Waals surface area contributed by atoms with E-state index in [1.54, 1.807) is 0 Å². The maximum Gasteiger partial charge on any atom is 0.374 e. The molecule has 2 rings (SSSR count). The van der Waals surface area contributed by atoms with Gasteiger partial charge < -0.3 is 5.32 Å². The SMILES string of the molecule is Cl.O=S(=O)(F)N1CCC2(CC1)CNC2. The van der Waals surface area contributed by atoms with Crippen molar-refractivity contribution in [2.75, 3.05) is 26.2 Å². The minimum atomic E-state index is -4.45. The molecule has 0 aromatic carbocycles. The lowest BCUT2D eigenvalue weighted by Gasteiger charge is -2.47. The Kier molecular flexibility index (Phi) is 3.41. The number of nitrogens with one attached hydrogen (secondary N) is 1. The van der Waals surface area contributed by atoms with Crippen LogP contribution in [-0.4, -0.2) is 38.9 Å². The minimum Gasteiger partial charge on any atom is -0.316 e. The van der Waals surface area contributed by atoms with E-state index >= 15 is 0 Å². The highest BCUT2D eigenvalue weighted by atomic mass is 35.5. The average Bonchev–Trinajstić information content (AvgIpc) is 2.00. The predicted octanol–water partition coefficient (Wildman–Crippen LogP) is 0.308. The Morgan fingerprint density at radius 1 is 1.21 bits per heavy atom. The van der Waals surface area contributed by atoms with Gasteiger partial charge in [-0.25, -0.2) is 0 Å². The molecule has 1 N–H and O–H groups in total. The topological polar surface area (TPSA) is 49.4 Å². The Morgan fingerprint density at radius 2 is 1.71 bits per heavy atom. The largest absolute Gasteiger partial charge is 0.374 e. The van der Waals surface area contributed by atoms with Crippen molar-refractivity contribution in [3.63, 3.8) is 0 Å². The van der Waals surface area contributed by atoms with Crippen LogP contribution in [0.4, 0.5) is 3.89 Å². The molecule has 2 aliphatic heterocycles. The molecule has 2 aliphatic rings. The maximum absolute atomic E-state index is 12.5. The number of hydrogen-bond acceptors (Lipinski definition) is 3. The quantitative estimate of drug-likeness (QED) is 0.676. The zero-order valence-electron chi connectivity index (χ0n) is 7.70. The van der Waals surface area contributed by atoms with Gasteiger partial charge in [-0.15, -0.1) is 12.4 Å². The van der Waals surface area contributed by atoms with Crippen LogP contribution >= 0.6 is 12.4 Å². The molecular formula is C7H14ClFN2O2S. The van der Waals surface area contributed by atoms with Crippen LogP contribution in [0.2, 0.25) is 0 Å². The Hall–Kier alpha value is 0.0900. The van der Waals surface area contributed by atoms with E-state index in [-0.39, 0.29) is 17.8 Å². The molecule has 0 amide bonds. The van der Waals surface area contributed by atoms with Gasteiger partial charge in [0.15, 0.2) is 0 Å². The standard InChI is InChI=1S/C7H13FN2O2S.ClH/c8-13(11,12)10-3-1-7(2-4-10)5-9-6-7;/h9H,1-6H2;1H. The van der Waals surface area contributed by atoms with Gasteiger partial charge in [0.2, 0.25) is 0 Å². The van der Waals surface area contributed by atoms with E-state index in [1.165, 1.54) is 0 Å². The summed E-state index contributed by atoms with van der Waals surface area (Å²) in [5.41, 5.74) is 0.265. The molecular weight excluding hydrogens is 231 g/mol. The van der Waals surface area contributed by atoms with Gasteiger partial charge in [-0.2, -0.15) is 12.7 Å². The van der Waals surface area contributed by atoms with Crippen molar-refractivity contribution in [3.8, 4) is 0 Å². The molecule has 2 saturated heterocycles. The molecule has 14 heavy (non-hydrogen) atoms. The molecule has 0 aromatic heterocycles. The summed E-state index contributed by atoms with van der Waals surface area (Å²) in [6, 6.07) is 0. The van der Waals surface area contributed by atoms with E-state index < -0.39 is 10.4 Å². The first-order chi connectivity index (χ1) is 6.02. The summed E-state index contributed by atoms with van der Waals surface area (Å²) in [6.45, 7) is 2.57. The molecule has 0 atom stereocenters. The fraction of sp³-hybridized carbons (Fsp3) is 1.00. The van der Waals surface area contributed by atoms with Crippen LogP contribution in [0.1, 0.15) is 12.8 Å². The van der Waals surface area contributed by atoms with E-state index in [4.69, 9.17) is 0 Å². The Labute approximate surface area is 89.6 Å². The van der Waals surface area contributed by atoms with Crippen LogP contribution in [0, 0.1) is 5.41 Å². The lowest BCUT2D eigenvalue weighted by Crippen LogP contribution is -2.58. The second-order valence-electron chi connectivity index (χ2n) is 3.94. The zero-order valence-corrected chi connectivity index (χ0v) is 9.33. The lowest BCUT2D eigenvalue weighted by molar-refractivity contribution is 0.0854. The molecule has 0 aromatic rings. The van der Waals surface area contributed by atoms with E-state index in [1.807, 2.05) is 0 Å². The smallest absolute Gasteiger partial charge is 0.316 e. The van der Waals surface area contributed by atoms with Crippen molar-refractivity contribution in [1.82, 2.24) is 9.62 Å². The molecule has 4 nitrogen and oxygen atoms in total. The van der Waals surface area contributed by atoms with Gasteiger partial charge in [0.25, 0.3) is 0 Å². The molecule has 2 heterocycles. The van der Waals surface area contributed by atoms with Crippen LogP contribution in [-0.2, 0) is 10.4 Å². The zero-order chi connectivity index (χ0) is 9.53. The number of hydrogen-bond donors (Lipinski definition) is 1. The van der Waals surface area contributed by atoms with Crippen LogP contribution in [0.25, 0.3) is 0 Å². The second-order valence-corrected chi connectivity index (χ2v) is 5.29. The first-order valence-corrected chi connectivity index (χ1v) is 5.76. The molecule has 7 heteroatoms. The predicted molar refractivity (Wildman–Crippen MR) is 53.4 cm³/mol. The van der Waals surface area contributed by atoms with Gasteiger partial charge >= 0.3 is 10.4 Å². The molecule has 0 bridgehead atoms. The van der Waals surface area contributed by atoms with E-state index in [0.717, 1.165) is 30.2 Å². The van der Waals surface area contributed by atoms with Crippen molar-refractivity contribution in [2.24, 2.45) is 5.41 Å². The first kappa shape index (κ1) is 12.2. The Morgan fingerprint density at radius 3 is 2.00 bits per heavy atom. The van der Waals surface area contributed by atoms with E-state index in [2.05, 4.69) is 5.32 Å². The summed E-state index contributed by atoms with van der Waals surface area (Å²) in [5, 5.41) is 3.16. The average molecular weight is 245 g/mol. The molecule has 0 unspecified atom stereocenters. The summed E-state index contributed by atoms with van der Waals surface area (Å²) in [4.78, 5) is 0. The third-order valence-electron chi connectivity index (χ3n) is 3.09. The van der Waals surface area contributed by atoms with Gasteiger partial charge in [-0.1, -0.05) is 3.89 Å². The van der Waals surface area contributed by atoms with Crippen molar-refractivity contribution in [3.05, 3.63) is 0 Å². The summed E-state index contributed by atoms with van der Waals surface area (Å²) >= 11 is 0. The van der Waals surface area contributed by atoms with Crippen molar-refractivity contribution in [1.29, 1.82) is 0 Å². The third kappa shape index (κ3) is 2.18. The van der Waals surface area contributed by atoms with E-state index in [0.29, 0.717) is 13.1 Å². The molecule has 2 fully saturated rings. The molecule has 0 saturated carbocycles. The Balaban J connectivity index is 0.000000980. The highest BCUT2D eigenvalue weighted by molar-refractivity contribution is 7.83. The minimum absolute atomic E-state index is 0. The van der Waals surface area contributed by atoms with Crippen molar-refractivity contribution < 1.29 is 12.3 Å². The fourth-order valence-corrected chi connectivity index (χ4v) is 2.63.